The van der Waals surface area contributed by atoms with Gasteiger partial charge in [0.25, 0.3) is 5.69 Å². The lowest BCUT2D eigenvalue weighted by Gasteiger charge is -2.12. The fourth-order valence-corrected chi connectivity index (χ4v) is 2.32. The maximum atomic E-state index is 11.0. The molecule has 0 aromatic heterocycles. The van der Waals surface area contributed by atoms with Crippen molar-refractivity contribution in [1.29, 1.82) is 0 Å². The molecular weight excluding hydrogens is 310 g/mol. The Labute approximate surface area is 140 Å². The van der Waals surface area contributed by atoms with Gasteiger partial charge in [0.05, 0.1) is 26.3 Å². The molecule has 0 unspecified atom stereocenters. The van der Waals surface area contributed by atoms with Gasteiger partial charge >= 0.3 is 0 Å². The lowest BCUT2D eigenvalue weighted by molar-refractivity contribution is -0.385. The summed E-state index contributed by atoms with van der Waals surface area (Å²) in [4.78, 5) is 10.6. The number of hydrogen-bond donors (Lipinski definition) is 0. The van der Waals surface area contributed by atoms with E-state index in [1.54, 1.807) is 58.6 Å². The van der Waals surface area contributed by atoms with Crippen LogP contribution in [0.3, 0.4) is 0 Å². The summed E-state index contributed by atoms with van der Waals surface area (Å²) < 4.78 is 15.9. The summed E-state index contributed by atoms with van der Waals surface area (Å²) in [5.74, 6) is 1.61. The molecule has 0 aliphatic rings. The number of hydrogen-bond acceptors (Lipinski definition) is 5. The Morgan fingerprint density at radius 3 is 2.00 bits per heavy atom. The number of nitro benzene ring substituents is 1. The third-order valence-electron chi connectivity index (χ3n) is 3.59. The van der Waals surface area contributed by atoms with Crippen LogP contribution in [0.2, 0.25) is 0 Å². The van der Waals surface area contributed by atoms with E-state index in [9.17, 15) is 10.1 Å². The van der Waals surface area contributed by atoms with Crippen molar-refractivity contribution in [3.63, 3.8) is 0 Å². The second-order valence-corrected chi connectivity index (χ2v) is 5.10. The zero-order chi connectivity index (χ0) is 17.7. The Morgan fingerprint density at radius 1 is 0.917 bits per heavy atom. The quantitative estimate of drug-likeness (QED) is 0.453. The molecule has 0 aliphatic carbocycles. The molecule has 2 aromatic carbocycles. The highest BCUT2D eigenvalue weighted by atomic mass is 16.6. The van der Waals surface area contributed by atoms with Crippen molar-refractivity contribution in [2.24, 2.45) is 0 Å². The summed E-state index contributed by atoms with van der Waals surface area (Å²) in [7, 11) is 4.64. The molecular formula is C18H19NO5. The molecule has 0 radical (unpaired) electrons. The molecule has 0 fully saturated rings. The van der Waals surface area contributed by atoms with E-state index in [0.717, 1.165) is 11.1 Å². The first kappa shape index (κ1) is 17.3. The van der Waals surface area contributed by atoms with Crippen molar-refractivity contribution in [3.05, 3.63) is 57.1 Å². The van der Waals surface area contributed by atoms with Crippen LogP contribution in [0.4, 0.5) is 5.69 Å². The number of rotatable bonds is 6. The van der Waals surface area contributed by atoms with Crippen molar-refractivity contribution in [2.45, 2.75) is 6.92 Å². The molecule has 0 atom stereocenters. The van der Waals surface area contributed by atoms with E-state index < -0.39 is 0 Å². The molecule has 0 heterocycles. The molecule has 0 bridgehead atoms. The summed E-state index contributed by atoms with van der Waals surface area (Å²) in [6.45, 7) is 1.71. The van der Waals surface area contributed by atoms with E-state index >= 15 is 0 Å². The normalized spacial score (nSPS) is 10.7. The van der Waals surface area contributed by atoms with Crippen molar-refractivity contribution in [3.8, 4) is 17.2 Å². The van der Waals surface area contributed by atoms with Gasteiger partial charge in [-0.1, -0.05) is 24.3 Å². The number of aryl methyl sites for hydroxylation is 1. The van der Waals surface area contributed by atoms with Gasteiger partial charge in [0, 0.05) is 11.6 Å². The summed E-state index contributed by atoms with van der Waals surface area (Å²) in [5, 5.41) is 11.0. The van der Waals surface area contributed by atoms with Gasteiger partial charge < -0.3 is 14.2 Å². The molecule has 2 rings (SSSR count). The van der Waals surface area contributed by atoms with E-state index in [0.29, 0.717) is 22.8 Å². The Kier molecular flexibility index (Phi) is 5.42. The average molecular weight is 329 g/mol. The van der Waals surface area contributed by atoms with Crippen molar-refractivity contribution in [2.75, 3.05) is 21.3 Å². The largest absolute Gasteiger partial charge is 0.493 e. The lowest BCUT2D eigenvalue weighted by atomic mass is 10.1. The van der Waals surface area contributed by atoms with Crippen LogP contribution in [0, 0.1) is 17.0 Å². The van der Waals surface area contributed by atoms with Crippen molar-refractivity contribution < 1.29 is 19.1 Å². The number of benzene rings is 2. The minimum absolute atomic E-state index is 0.0991. The zero-order valence-corrected chi connectivity index (χ0v) is 14.0. The second-order valence-electron chi connectivity index (χ2n) is 5.10. The van der Waals surface area contributed by atoms with Gasteiger partial charge in [0.1, 0.15) is 0 Å². The SMILES string of the molecule is COc1cc(/C=C\c2ccc(C)c([N+](=O)[O-])c2)cc(OC)c1OC. The molecule has 0 saturated heterocycles. The van der Waals surface area contributed by atoms with E-state index in [1.807, 2.05) is 12.1 Å². The molecule has 0 N–H and O–H groups in total. The minimum Gasteiger partial charge on any atom is -0.493 e. The smallest absolute Gasteiger partial charge is 0.272 e. The van der Waals surface area contributed by atoms with Crippen LogP contribution in [0.25, 0.3) is 12.2 Å². The maximum absolute atomic E-state index is 11.0. The van der Waals surface area contributed by atoms with Gasteiger partial charge in [0.2, 0.25) is 5.75 Å². The molecule has 0 aliphatic heterocycles. The highest BCUT2D eigenvalue weighted by molar-refractivity contribution is 5.73. The predicted octanol–water partition coefficient (Wildman–Crippen LogP) is 4.10. The van der Waals surface area contributed by atoms with Gasteiger partial charge in [-0.05, 0) is 30.2 Å². The van der Waals surface area contributed by atoms with E-state index in [-0.39, 0.29) is 10.6 Å². The third-order valence-corrected chi connectivity index (χ3v) is 3.59. The number of methoxy groups -OCH3 is 3. The standard InChI is InChI=1S/C18H19NO5/c1-12-5-6-13(9-15(12)19(20)21)7-8-14-10-16(22-2)18(24-4)17(11-14)23-3/h5-11H,1-4H3/b8-7-. The molecule has 6 nitrogen and oxygen atoms in total. The van der Waals surface area contributed by atoms with Crippen LogP contribution in [-0.4, -0.2) is 26.3 Å². The van der Waals surface area contributed by atoms with Gasteiger partial charge in [-0.2, -0.15) is 0 Å². The molecule has 126 valence electrons. The Bertz CT molecular complexity index is 758. The Morgan fingerprint density at radius 2 is 1.50 bits per heavy atom. The summed E-state index contributed by atoms with van der Waals surface area (Å²) >= 11 is 0. The van der Waals surface area contributed by atoms with E-state index in [4.69, 9.17) is 14.2 Å². The number of nitrogens with zero attached hydrogens (tertiary/aromatic N) is 1. The number of nitro groups is 1. The van der Waals surface area contributed by atoms with Crippen LogP contribution < -0.4 is 14.2 Å². The Hall–Kier alpha value is -3.02. The van der Waals surface area contributed by atoms with Gasteiger partial charge in [-0.3, -0.25) is 10.1 Å². The lowest BCUT2D eigenvalue weighted by Crippen LogP contribution is -1.95. The first-order chi connectivity index (χ1) is 11.5. The third kappa shape index (κ3) is 3.65. The average Bonchev–Trinajstić information content (AvgIpc) is 2.59. The molecule has 2 aromatic rings. The topological polar surface area (TPSA) is 70.8 Å². The summed E-state index contributed by atoms with van der Waals surface area (Å²) in [5.41, 5.74) is 2.29. The summed E-state index contributed by atoms with van der Waals surface area (Å²) in [6, 6.07) is 8.72. The predicted molar refractivity (Wildman–Crippen MR) is 92.9 cm³/mol. The van der Waals surface area contributed by atoms with Crippen molar-refractivity contribution in [1.82, 2.24) is 0 Å². The molecule has 0 spiro atoms. The first-order valence-corrected chi connectivity index (χ1v) is 7.23. The van der Waals surface area contributed by atoms with Crippen molar-refractivity contribution >= 4 is 17.8 Å². The molecule has 6 heteroatoms. The van der Waals surface area contributed by atoms with Crippen LogP contribution in [0.15, 0.2) is 30.3 Å². The molecule has 0 amide bonds. The minimum atomic E-state index is -0.383. The van der Waals surface area contributed by atoms with Gasteiger partial charge in [0.15, 0.2) is 11.5 Å². The van der Waals surface area contributed by atoms with Crippen LogP contribution in [0.1, 0.15) is 16.7 Å². The van der Waals surface area contributed by atoms with Crippen LogP contribution >= 0.6 is 0 Å². The highest BCUT2D eigenvalue weighted by Crippen LogP contribution is 2.38. The fourth-order valence-electron chi connectivity index (χ4n) is 2.32. The Balaban J connectivity index is 2.39. The van der Waals surface area contributed by atoms with Crippen LogP contribution in [-0.2, 0) is 0 Å². The van der Waals surface area contributed by atoms with Crippen LogP contribution in [0.5, 0.6) is 17.2 Å². The molecule has 0 saturated carbocycles. The monoisotopic (exact) mass is 329 g/mol. The summed E-state index contributed by atoms with van der Waals surface area (Å²) in [6.07, 6.45) is 3.63. The van der Waals surface area contributed by atoms with Gasteiger partial charge in [-0.15, -0.1) is 0 Å². The maximum Gasteiger partial charge on any atom is 0.272 e. The second kappa shape index (κ2) is 7.50. The van der Waals surface area contributed by atoms with E-state index in [2.05, 4.69) is 0 Å². The molecule has 24 heavy (non-hydrogen) atoms. The highest BCUT2D eigenvalue weighted by Gasteiger charge is 2.12. The number of ether oxygens (including phenoxy) is 3. The first-order valence-electron chi connectivity index (χ1n) is 7.23. The van der Waals surface area contributed by atoms with E-state index in [1.165, 1.54) is 0 Å². The fraction of sp³-hybridized carbons (Fsp3) is 0.222. The van der Waals surface area contributed by atoms with Gasteiger partial charge in [-0.25, -0.2) is 0 Å². The zero-order valence-electron chi connectivity index (χ0n) is 14.0.